The first-order valence-electron chi connectivity index (χ1n) is 3.32. The fourth-order valence-corrected chi connectivity index (χ4v) is 0.935. The first kappa shape index (κ1) is 10.9. The predicted octanol–water partition coefficient (Wildman–Crippen LogP) is 1.09. The van der Waals surface area contributed by atoms with Crippen molar-refractivity contribution in [2.75, 3.05) is 0 Å². The van der Waals surface area contributed by atoms with E-state index < -0.39 is 0 Å². The van der Waals surface area contributed by atoms with Gasteiger partial charge in [-0.15, -0.1) is 0 Å². The number of hydrogen-bond acceptors (Lipinski definition) is 1. The second-order valence-electron chi connectivity index (χ2n) is 2.36. The Balaban J connectivity index is 0.000001000. The number of rotatable bonds is 2. The van der Waals surface area contributed by atoms with Gasteiger partial charge in [0.1, 0.15) is 6.29 Å². The summed E-state index contributed by atoms with van der Waals surface area (Å²) in [4.78, 5) is 10.1. The summed E-state index contributed by atoms with van der Waals surface area (Å²) in [6.45, 7) is 2.02. The third-order valence-corrected chi connectivity index (χ3v) is 1.40. The number of hydrogen-bond donors (Lipinski definition) is 0. The van der Waals surface area contributed by atoms with Crippen LogP contribution >= 0.6 is 0 Å². The molecule has 0 bridgehead atoms. The molecule has 1 aromatic carbocycles. The van der Waals surface area contributed by atoms with Gasteiger partial charge in [0.15, 0.2) is 0 Å². The van der Waals surface area contributed by atoms with Crippen molar-refractivity contribution in [1.29, 1.82) is 0 Å². The van der Waals surface area contributed by atoms with Crippen molar-refractivity contribution in [3.63, 3.8) is 0 Å². The fourth-order valence-electron chi connectivity index (χ4n) is 0.935. The van der Waals surface area contributed by atoms with Gasteiger partial charge in [-0.25, -0.2) is 0 Å². The summed E-state index contributed by atoms with van der Waals surface area (Å²) in [7, 11) is 0. The van der Waals surface area contributed by atoms with Gasteiger partial charge in [-0.05, 0) is 12.5 Å². The molecule has 11 heavy (non-hydrogen) atoms. The molecule has 54 valence electrons. The molecule has 0 aliphatic heterocycles. The SMILES string of the molecule is Cc1cccc(CC=O)c1.[NaH]. The molecule has 0 heterocycles. The topological polar surface area (TPSA) is 17.1 Å². The summed E-state index contributed by atoms with van der Waals surface area (Å²) in [6.07, 6.45) is 1.45. The average Bonchev–Trinajstić information content (AvgIpc) is 1.88. The first-order valence-corrected chi connectivity index (χ1v) is 3.32. The minimum absolute atomic E-state index is 0. The number of benzene rings is 1. The van der Waals surface area contributed by atoms with Gasteiger partial charge in [0.2, 0.25) is 0 Å². The minimum atomic E-state index is 0. The summed E-state index contributed by atoms with van der Waals surface area (Å²) in [5.41, 5.74) is 2.30. The molecule has 0 saturated carbocycles. The van der Waals surface area contributed by atoms with Crippen LogP contribution in [0.3, 0.4) is 0 Å². The zero-order chi connectivity index (χ0) is 7.40. The quantitative estimate of drug-likeness (QED) is 0.465. The molecule has 0 atom stereocenters. The van der Waals surface area contributed by atoms with Crippen molar-refractivity contribution in [1.82, 2.24) is 0 Å². The molecule has 2 heteroatoms. The molecular weight excluding hydrogens is 147 g/mol. The van der Waals surface area contributed by atoms with Crippen LogP contribution in [-0.4, -0.2) is 35.8 Å². The van der Waals surface area contributed by atoms with Crippen molar-refractivity contribution in [3.8, 4) is 0 Å². The van der Waals surface area contributed by atoms with Crippen LogP contribution in [0, 0.1) is 6.92 Å². The molecule has 1 nitrogen and oxygen atoms in total. The van der Waals surface area contributed by atoms with E-state index in [4.69, 9.17) is 0 Å². The van der Waals surface area contributed by atoms with Gasteiger partial charge in [-0.2, -0.15) is 0 Å². The van der Waals surface area contributed by atoms with Gasteiger partial charge in [0, 0.05) is 6.42 Å². The van der Waals surface area contributed by atoms with Crippen LogP contribution < -0.4 is 0 Å². The molecule has 0 N–H and O–H groups in total. The van der Waals surface area contributed by atoms with E-state index >= 15 is 0 Å². The summed E-state index contributed by atoms with van der Waals surface area (Å²) < 4.78 is 0. The second kappa shape index (κ2) is 5.53. The number of aldehydes is 1. The van der Waals surface area contributed by atoms with Gasteiger partial charge in [-0.1, -0.05) is 29.8 Å². The van der Waals surface area contributed by atoms with E-state index in [2.05, 4.69) is 0 Å². The first-order chi connectivity index (χ1) is 4.83. The van der Waals surface area contributed by atoms with E-state index in [1.807, 2.05) is 31.2 Å². The maximum atomic E-state index is 10.1. The molecule has 0 fully saturated rings. The van der Waals surface area contributed by atoms with E-state index in [9.17, 15) is 4.79 Å². The van der Waals surface area contributed by atoms with Crippen molar-refractivity contribution >= 4 is 35.8 Å². The van der Waals surface area contributed by atoms with Crippen LogP contribution in [0.4, 0.5) is 0 Å². The van der Waals surface area contributed by atoms with Crippen LogP contribution in [0.5, 0.6) is 0 Å². The monoisotopic (exact) mass is 158 g/mol. The third kappa shape index (κ3) is 3.71. The molecule has 0 aromatic heterocycles. The molecule has 1 aromatic rings. The Hall–Kier alpha value is -0.110. The van der Waals surface area contributed by atoms with Crippen molar-refractivity contribution in [3.05, 3.63) is 35.4 Å². The normalized spacial score (nSPS) is 8.45. The molecule has 0 aliphatic rings. The van der Waals surface area contributed by atoms with E-state index in [0.717, 1.165) is 11.8 Å². The Kier molecular flexibility index (Phi) is 5.47. The van der Waals surface area contributed by atoms with Gasteiger partial charge < -0.3 is 4.79 Å². The van der Waals surface area contributed by atoms with Crippen LogP contribution in [0.1, 0.15) is 11.1 Å². The molecule has 0 amide bonds. The van der Waals surface area contributed by atoms with Crippen molar-refractivity contribution in [2.45, 2.75) is 13.3 Å². The van der Waals surface area contributed by atoms with E-state index in [1.165, 1.54) is 5.56 Å². The van der Waals surface area contributed by atoms with Crippen LogP contribution in [0.25, 0.3) is 0 Å². The molecule has 1 rings (SSSR count). The summed E-state index contributed by atoms with van der Waals surface area (Å²) in [6, 6.07) is 7.97. The zero-order valence-corrected chi connectivity index (χ0v) is 6.00. The van der Waals surface area contributed by atoms with Crippen LogP contribution in [-0.2, 0) is 11.2 Å². The van der Waals surface area contributed by atoms with Gasteiger partial charge in [0.25, 0.3) is 0 Å². The third-order valence-electron chi connectivity index (χ3n) is 1.40. The van der Waals surface area contributed by atoms with Crippen LogP contribution in [0.2, 0.25) is 0 Å². The Bertz CT molecular complexity index is 233. The summed E-state index contributed by atoms with van der Waals surface area (Å²) in [5, 5.41) is 0. The predicted molar refractivity (Wildman–Crippen MR) is 48.1 cm³/mol. The fraction of sp³-hybridized carbons (Fsp3) is 0.222. The van der Waals surface area contributed by atoms with E-state index in [1.54, 1.807) is 0 Å². The van der Waals surface area contributed by atoms with Crippen LogP contribution in [0.15, 0.2) is 24.3 Å². The Morgan fingerprint density at radius 2 is 2.18 bits per heavy atom. The second-order valence-corrected chi connectivity index (χ2v) is 2.36. The Morgan fingerprint density at radius 3 is 2.73 bits per heavy atom. The summed E-state index contributed by atoms with van der Waals surface area (Å²) in [5.74, 6) is 0. The maximum absolute atomic E-state index is 10.1. The zero-order valence-electron chi connectivity index (χ0n) is 6.00. The molecular formula is C9H11NaO. The molecule has 0 radical (unpaired) electrons. The Morgan fingerprint density at radius 1 is 1.45 bits per heavy atom. The van der Waals surface area contributed by atoms with Crippen molar-refractivity contribution in [2.24, 2.45) is 0 Å². The number of aryl methyl sites for hydroxylation is 1. The van der Waals surface area contributed by atoms with Gasteiger partial charge in [-0.3, -0.25) is 0 Å². The summed E-state index contributed by atoms with van der Waals surface area (Å²) >= 11 is 0. The number of carbonyl (C=O) groups is 1. The number of carbonyl (C=O) groups excluding carboxylic acids is 1. The molecule has 0 unspecified atom stereocenters. The Labute approximate surface area is 89.1 Å². The molecule has 0 saturated heterocycles. The average molecular weight is 158 g/mol. The molecule has 0 aliphatic carbocycles. The van der Waals surface area contributed by atoms with E-state index in [0.29, 0.717) is 6.42 Å². The van der Waals surface area contributed by atoms with Gasteiger partial charge in [0.05, 0.1) is 0 Å². The van der Waals surface area contributed by atoms with Gasteiger partial charge >= 0.3 is 29.6 Å². The van der Waals surface area contributed by atoms with E-state index in [-0.39, 0.29) is 29.6 Å². The molecule has 0 spiro atoms. The standard InChI is InChI=1S/C9H10O.Na.H/c1-8-3-2-4-9(7-8)5-6-10;;/h2-4,6-7H,5H2,1H3;;. The van der Waals surface area contributed by atoms with Crippen molar-refractivity contribution < 1.29 is 4.79 Å².